The number of rotatable bonds is 6. The molecule has 1 heterocycles. The lowest BCUT2D eigenvalue weighted by atomic mass is 10.0. The summed E-state index contributed by atoms with van der Waals surface area (Å²) in [7, 11) is 2.49. The van der Waals surface area contributed by atoms with Crippen molar-refractivity contribution in [1.29, 1.82) is 0 Å². The van der Waals surface area contributed by atoms with Crippen LogP contribution in [0.1, 0.15) is 23.7 Å². The van der Waals surface area contributed by atoms with Crippen molar-refractivity contribution in [2.75, 3.05) is 14.2 Å². The zero-order valence-electron chi connectivity index (χ0n) is 14.3. The maximum Gasteiger partial charge on any atom is 0.328 e. The highest BCUT2D eigenvalue weighted by atomic mass is 16.5. The minimum Gasteiger partial charge on any atom is -0.469 e. The largest absolute Gasteiger partial charge is 0.469 e. The normalized spacial score (nSPS) is 12.9. The van der Waals surface area contributed by atoms with Gasteiger partial charge < -0.3 is 14.8 Å². The molecule has 7 nitrogen and oxygen atoms in total. The number of methoxy groups -OCH3 is 2. The first-order valence-electron chi connectivity index (χ1n) is 7.77. The topological polar surface area (TPSA) is 94.6 Å². The average molecular weight is 344 g/mol. The van der Waals surface area contributed by atoms with E-state index in [0.29, 0.717) is 5.56 Å². The van der Waals surface area contributed by atoms with E-state index in [4.69, 9.17) is 4.74 Å². The van der Waals surface area contributed by atoms with E-state index in [2.05, 4.69) is 15.0 Å². The van der Waals surface area contributed by atoms with E-state index in [0.717, 1.165) is 10.9 Å². The van der Waals surface area contributed by atoms with Gasteiger partial charge in [-0.05, 0) is 18.6 Å². The number of ether oxygens (including phenoxy) is 2. The number of benzene rings is 1. The molecule has 0 aliphatic heterocycles. The highest BCUT2D eigenvalue weighted by molar-refractivity contribution is 5.99. The van der Waals surface area contributed by atoms with Gasteiger partial charge in [-0.2, -0.15) is 0 Å². The van der Waals surface area contributed by atoms with Gasteiger partial charge in [-0.1, -0.05) is 25.1 Å². The van der Waals surface area contributed by atoms with E-state index < -0.39 is 29.8 Å². The van der Waals surface area contributed by atoms with Gasteiger partial charge >= 0.3 is 11.9 Å². The van der Waals surface area contributed by atoms with Gasteiger partial charge in [-0.3, -0.25) is 14.6 Å². The van der Waals surface area contributed by atoms with Gasteiger partial charge in [-0.25, -0.2) is 4.79 Å². The number of nitrogens with zero attached hydrogens (tertiary/aromatic N) is 1. The Kier molecular flexibility index (Phi) is 6.05. The van der Waals surface area contributed by atoms with Crippen molar-refractivity contribution in [3.8, 4) is 0 Å². The molecule has 1 N–H and O–H groups in total. The van der Waals surface area contributed by atoms with Gasteiger partial charge in [0.05, 0.1) is 31.2 Å². The molecule has 0 saturated heterocycles. The molecule has 0 fully saturated rings. The number of hydrogen-bond donors (Lipinski definition) is 1. The predicted molar refractivity (Wildman–Crippen MR) is 90.8 cm³/mol. The predicted octanol–water partition coefficient (Wildman–Crippen LogP) is 1.71. The highest BCUT2D eigenvalue weighted by Gasteiger charge is 2.27. The van der Waals surface area contributed by atoms with E-state index >= 15 is 0 Å². The van der Waals surface area contributed by atoms with Crippen molar-refractivity contribution >= 4 is 28.7 Å². The molecule has 2 rings (SSSR count). The third-order valence-electron chi connectivity index (χ3n) is 3.84. The molecular formula is C18H20N2O5. The van der Waals surface area contributed by atoms with Crippen molar-refractivity contribution in [2.24, 2.45) is 5.92 Å². The number of para-hydroxylation sites is 1. The van der Waals surface area contributed by atoms with E-state index in [1.165, 1.54) is 20.4 Å². The molecule has 0 aliphatic carbocycles. The van der Waals surface area contributed by atoms with Crippen LogP contribution in [-0.2, 0) is 19.1 Å². The molecule has 7 heteroatoms. The Hall–Kier alpha value is -2.96. The fraction of sp³-hybridized carbons (Fsp3) is 0.333. The number of pyridine rings is 1. The van der Waals surface area contributed by atoms with Gasteiger partial charge in [0.15, 0.2) is 0 Å². The van der Waals surface area contributed by atoms with Crippen LogP contribution in [0.2, 0.25) is 0 Å². The zero-order valence-corrected chi connectivity index (χ0v) is 14.3. The molecule has 1 amide bonds. The first-order valence-corrected chi connectivity index (χ1v) is 7.77. The molecular weight excluding hydrogens is 324 g/mol. The summed E-state index contributed by atoms with van der Waals surface area (Å²) in [6, 6.07) is 8.12. The van der Waals surface area contributed by atoms with Gasteiger partial charge in [0, 0.05) is 11.6 Å². The summed E-state index contributed by atoms with van der Waals surface area (Å²) >= 11 is 0. The quantitative estimate of drug-likeness (QED) is 0.802. The highest BCUT2D eigenvalue weighted by Crippen LogP contribution is 2.14. The molecule has 2 atom stereocenters. The maximum absolute atomic E-state index is 12.5. The fourth-order valence-electron chi connectivity index (χ4n) is 2.44. The van der Waals surface area contributed by atoms with Crippen LogP contribution in [0.15, 0.2) is 36.5 Å². The molecule has 2 aromatic rings. The van der Waals surface area contributed by atoms with E-state index in [-0.39, 0.29) is 6.42 Å². The van der Waals surface area contributed by atoms with Crippen molar-refractivity contribution in [3.05, 3.63) is 42.1 Å². The van der Waals surface area contributed by atoms with Crippen LogP contribution in [0.3, 0.4) is 0 Å². The van der Waals surface area contributed by atoms with Crippen LogP contribution in [0.5, 0.6) is 0 Å². The standard InChI is InChI=1S/C18H20N2O5/c1-11(17(22)24-2)8-15(18(23)25-3)20-16(21)13-9-12-6-4-5-7-14(12)19-10-13/h4-7,9-11,15H,8H2,1-3H3,(H,20,21)/t11-,15+/m1/s1. The lowest BCUT2D eigenvalue weighted by Gasteiger charge is -2.19. The lowest BCUT2D eigenvalue weighted by Crippen LogP contribution is -2.43. The van der Waals surface area contributed by atoms with Gasteiger partial charge in [0.2, 0.25) is 0 Å². The van der Waals surface area contributed by atoms with Crippen LogP contribution in [0.25, 0.3) is 10.9 Å². The van der Waals surface area contributed by atoms with Crippen molar-refractivity contribution in [1.82, 2.24) is 10.3 Å². The second kappa shape index (κ2) is 8.23. The average Bonchev–Trinajstić information content (AvgIpc) is 2.65. The molecule has 1 aromatic carbocycles. The molecule has 0 aliphatic rings. The number of aromatic nitrogens is 1. The van der Waals surface area contributed by atoms with Crippen LogP contribution >= 0.6 is 0 Å². The number of nitrogens with one attached hydrogen (secondary N) is 1. The maximum atomic E-state index is 12.5. The summed E-state index contributed by atoms with van der Waals surface area (Å²) < 4.78 is 9.36. The minimum absolute atomic E-state index is 0.0755. The fourth-order valence-corrected chi connectivity index (χ4v) is 2.44. The Balaban J connectivity index is 2.17. The summed E-state index contributed by atoms with van der Waals surface area (Å²) in [5.74, 6) is -2.12. The van der Waals surface area contributed by atoms with Crippen LogP contribution in [-0.4, -0.2) is 43.1 Å². The number of amides is 1. The Labute approximate surface area is 145 Å². The van der Waals surface area contributed by atoms with Crippen molar-refractivity contribution in [3.63, 3.8) is 0 Å². The SMILES string of the molecule is COC(=O)[C@H](C)C[C@H](NC(=O)c1cnc2ccccc2c1)C(=O)OC. The number of hydrogen-bond acceptors (Lipinski definition) is 6. The number of carbonyl (C=O) groups excluding carboxylic acids is 3. The second-order valence-corrected chi connectivity index (χ2v) is 5.63. The van der Waals surface area contributed by atoms with E-state index in [1.807, 2.05) is 24.3 Å². The van der Waals surface area contributed by atoms with Crippen molar-refractivity contribution in [2.45, 2.75) is 19.4 Å². The molecule has 132 valence electrons. The summed E-state index contributed by atoms with van der Waals surface area (Å²) in [6.07, 6.45) is 1.52. The summed E-state index contributed by atoms with van der Waals surface area (Å²) in [5, 5.41) is 3.41. The van der Waals surface area contributed by atoms with E-state index in [9.17, 15) is 14.4 Å². The summed E-state index contributed by atoms with van der Waals surface area (Å²) in [6.45, 7) is 1.62. The number of fused-ring (bicyclic) bond motifs is 1. The second-order valence-electron chi connectivity index (χ2n) is 5.63. The Bertz CT molecular complexity index is 790. The van der Waals surface area contributed by atoms with Gasteiger partial charge in [0.1, 0.15) is 6.04 Å². The number of carbonyl (C=O) groups is 3. The lowest BCUT2D eigenvalue weighted by molar-refractivity contribution is -0.147. The zero-order chi connectivity index (χ0) is 18.4. The van der Waals surface area contributed by atoms with E-state index in [1.54, 1.807) is 13.0 Å². The van der Waals surface area contributed by atoms with Gasteiger partial charge in [-0.15, -0.1) is 0 Å². The Morgan fingerprint density at radius 2 is 1.80 bits per heavy atom. The van der Waals surface area contributed by atoms with Crippen LogP contribution < -0.4 is 5.32 Å². The third-order valence-corrected chi connectivity index (χ3v) is 3.84. The smallest absolute Gasteiger partial charge is 0.328 e. The van der Waals surface area contributed by atoms with Crippen molar-refractivity contribution < 1.29 is 23.9 Å². The first kappa shape index (κ1) is 18.4. The monoisotopic (exact) mass is 344 g/mol. The molecule has 0 spiro atoms. The first-order chi connectivity index (χ1) is 12.0. The van der Waals surface area contributed by atoms with Crippen LogP contribution in [0, 0.1) is 5.92 Å². The Morgan fingerprint density at radius 1 is 1.12 bits per heavy atom. The molecule has 1 aromatic heterocycles. The van der Waals surface area contributed by atoms with Crippen LogP contribution in [0.4, 0.5) is 0 Å². The third kappa shape index (κ3) is 4.53. The molecule has 0 bridgehead atoms. The summed E-state index contributed by atoms with van der Waals surface area (Å²) in [5.41, 5.74) is 1.08. The molecule has 0 unspecified atom stereocenters. The molecule has 0 saturated carbocycles. The Morgan fingerprint density at radius 3 is 2.48 bits per heavy atom. The molecule has 0 radical (unpaired) electrons. The van der Waals surface area contributed by atoms with Gasteiger partial charge in [0.25, 0.3) is 5.91 Å². The molecule has 25 heavy (non-hydrogen) atoms. The number of esters is 2. The minimum atomic E-state index is -0.960. The summed E-state index contributed by atoms with van der Waals surface area (Å²) in [4.78, 5) is 40.2.